The van der Waals surface area contributed by atoms with Crippen LogP contribution in [0.3, 0.4) is 0 Å². The van der Waals surface area contributed by atoms with E-state index in [1.165, 1.54) is 11.0 Å². The molecule has 0 unspecified atom stereocenters. The number of phenols is 1. The molecular formula is C25H20N4O5. The Morgan fingerprint density at radius 1 is 0.941 bits per heavy atom. The van der Waals surface area contributed by atoms with Gasteiger partial charge in [-0.2, -0.15) is 0 Å². The number of aromatic nitrogens is 2. The number of phenolic OH excluding ortho intramolecular Hbond substituents is 1. The lowest BCUT2D eigenvalue weighted by Gasteiger charge is -2.22. The number of hydrogen-bond donors (Lipinski definition) is 4. The number of nitrogens with zero attached hydrogens (tertiary/aromatic N) is 2. The van der Waals surface area contributed by atoms with Gasteiger partial charge in [-0.25, -0.2) is 9.78 Å². The highest BCUT2D eigenvalue weighted by Gasteiger charge is 2.17. The summed E-state index contributed by atoms with van der Waals surface area (Å²) in [5.41, 5.74) is 2.75. The zero-order valence-electron chi connectivity index (χ0n) is 17.8. The molecule has 170 valence electrons. The minimum absolute atomic E-state index is 0.00000657. The van der Waals surface area contributed by atoms with Crippen molar-refractivity contribution >= 4 is 40.5 Å². The predicted octanol–water partition coefficient (Wildman–Crippen LogP) is 3.69. The first kappa shape index (κ1) is 22.3. The van der Waals surface area contributed by atoms with Crippen molar-refractivity contribution in [3.05, 3.63) is 96.1 Å². The van der Waals surface area contributed by atoms with E-state index in [1.807, 2.05) is 24.3 Å². The summed E-state index contributed by atoms with van der Waals surface area (Å²) in [6, 6.07) is 20.1. The zero-order valence-corrected chi connectivity index (χ0v) is 17.8. The van der Waals surface area contributed by atoms with Crippen molar-refractivity contribution in [2.45, 2.75) is 6.54 Å². The number of nitrogens with one attached hydrogen (secondary N) is 2. The molecule has 0 bridgehead atoms. The molecule has 0 aliphatic heterocycles. The van der Waals surface area contributed by atoms with E-state index in [4.69, 9.17) is 5.11 Å². The minimum atomic E-state index is -1.26. The third-order valence-corrected chi connectivity index (χ3v) is 5.02. The molecule has 9 nitrogen and oxygen atoms in total. The van der Waals surface area contributed by atoms with Crippen LogP contribution in [0.2, 0.25) is 0 Å². The van der Waals surface area contributed by atoms with Gasteiger partial charge in [0, 0.05) is 29.0 Å². The number of anilines is 2. The summed E-state index contributed by atoms with van der Waals surface area (Å²) in [7, 11) is 0. The lowest BCUT2D eigenvalue weighted by molar-refractivity contribution is -0.131. The van der Waals surface area contributed by atoms with E-state index in [0.717, 1.165) is 23.2 Å². The minimum Gasteiger partial charge on any atom is -0.508 e. The molecule has 4 aromatic rings. The van der Waals surface area contributed by atoms with Crippen LogP contribution < -0.4 is 10.2 Å². The Bertz CT molecular complexity index is 1360. The fourth-order valence-electron chi connectivity index (χ4n) is 3.33. The third kappa shape index (κ3) is 5.10. The molecule has 2 amide bonds. The fourth-order valence-corrected chi connectivity index (χ4v) is 3.33. The number of aliphatic carboxylic acids is 1. The van der Waals surface area contributed by atoms with Crippen molar-refractivity contribution in [1.82, 2.24) is 9.97 Å². The number of carboxylic acid groups (broad SMARTS) is 1. The van der Waals surface area contributed by atoms with Gasteiger partial charge in [0.1, 0.15) is 5.75 Å². The predicted molar refractivity (Wildman–Crippen MR) is 127 cm³/mol. The Morgan fingerprint density at radius 2 is 1.65 bits per heavy atom. The van der Waals surface area contributed by atoms with E-state index < -0.39 is 17.8 Å². The Labute approximate surface area is 194 Å². The number of benzene rings is 3. The molecule has 0 aliphatic carbocycles. The summed E-state index contributed by atoms with van der Waals surface area (Å²) in [4.78, 5) is 44.9. The number of aromatic amines is 1. The van der Waals surface area contributed by atoms with E-state index in [1.54, 1.807) is 42.5 Å². The van der Waals surface area contributed by atoms with Crippen LogP contribution in [0.4, 0.5) is 11.6 Å². The van der Waals surface area contributed by atoms with Gasteiger partial charge in [0.25, 0.3) is 11.8 Å². The molecule has 34 heavy (non-hydrogen) atoms. The van der Waals surface area contributed by atoms with Gasteiger partial charge >= 0.3 is 5.97 Å². The van der Waals surface area contributed by atoms with Crippen molar-refractivity contribution in [2.75, 3.05) is 10.2 Å². The second-order valence-electron chi connectivity index (χ2n) is 7.33. The second-order valence-corrected chi connectivity index (χ2v) is 7.33. The van der Waals surface area contributed by atoms with Crippen LogP contribution in [0.15, 0.2) is 84.9 Å². The summed E-state index contributed by atoms with van der Waals surface area (Å²) in [5.74, 6) is -1.93. The monoisotopic (exact) mass is 456 g/mol. The molecule has 1 aromatic heterocycles. The van der Waals surface area contributed by atoms with Gasteiger partial charge in [-0.3, -0.25) is 14.9 Å². The van der Waals surface area contributed by atoms with Crippen molar-refractivity contribution in [1.29, 1.82) is 0 Å². The van der Waals surface area contributed by atoms with Crippen LogP contribution in [-0.4, -0.2) is 38.0 Å². The van der Waals surface area contributed by atoms with Crippen LogP contribution in [0.5, 0.6) is 5.75 Å². The number of H-pyrrole nitrogens is 1. The highest BCUT2D eigenvalue weighted by atomic mass is 16.4. The number of fused-ring (bicyclic) bond motifs is 1. The highest BCUT2D eigenvalue weighted by Crippen LogP contribution is 2.24. The van der Waals surface area contributed by atoms with Crippen molar-refractivity contribution in [3.8, 4) is 5.75 Å². The quantitative estimate of drug-likeness (QED) is 0.313. The maximum Gasteiger partial charge on any atom is 0.328 e. The number of rotatable bonds is 7. The molecule has 0 spiro atoms. The molecule has 0 saturated carbocycles. The summed E-state index contributed by atoms with van der Waals surface area (Å²) in [6.45, 7) is -0.00000657. The van der Waals surface area contributed by atoms with Crippen LogP contribution in [0.1, 0.15) is 15.9 Å². The summed E-state index contributed by atoms with van der Waals surface area (Å²) >= 11 is 0. The smallest absolute Gasteiger partial charge is 0.328 e. The number of para-hydroxylation sites is 3. The zero-order chi connectivity index (χ0) is 24.1. The van der Waals surface area contributed by atoms with Crippen LogP contribution in [0, 0.1) is 0 Å². The summed E-state index contributed by atoms with van der Waals surface area (Å²) in [6.07, 6.45) is 1.68. The largest absolute Gasteiger partial charge is 0.508 e. The van der Waals surface area contributed by atoms with E-state index in [2.05, 4.69) is 15.3 Å². The molecule has 0 aliphatic rings. The molecule has 0 atom stereocenters. The van der Waals surface area contributed by atoms with Crippen molar-refractivity contribution in [2.24, 2.45) is 0 Å². The van der Waals surface area contributed by atoms with Crippen LogP contribution in [0.25, 0.3) is 11.0 Å². The van der Waals surface area contributed by atoms with Gasteiger partial charge in [-0.1, -0.05) is 30.3 Å². The van der Waals surface area contributed by atoms with Gasteiger partial charge in [-0.05, 0) is 42.5 Å². The van der Waals surface area contributed by atoms with Crippen molar-refractivity contribution in [3.63, 3.8) is 0 Å². The molecule has 3 aromatic carbocycles. The SMILES string of the molecule is O=C(O)/C=C/C(=O)N(Cc1ccccc1O)c1ccc(C(=O)Nc2nc3ccccc3[nH]2)cc1. The first-order chi connectivity index (χ1) is 16.4. The lowest BCUT2D eigenvalue weighted by atomic mass is 10.1. The average molecular weight is 456 g/mol. The van der Waals surface area contributed by atoms with E-state index >= 15 is 0 Å². The molecule has 4 N–H and O–H groups in total. The lowest BCUT2D eigenvalue weighted by Crippen LogP contribution is -2.29. The maximum absolute atomic E-state index is 12.7. The number of carbonyl (C=O) groups is 3. The van der Waals surface area contributed by atoms with Gasteiger partial charge < -0.3 is 20.1 Å². The van der Waals surface area contributed by atoms with Crippen molar-refractivity contribution < 1.29 is 24.6 Å². The first-order valence-corrected chi connectivity index (χ1v) is 10.3. The Morgan fingerprint density at radius 3 is 2.35 bits per heavy atom. The van der Waals surface area contributed by atoms with Gasteiger partial charge in [0.2, 0.25) is 5.95 Å². The maximum atomic E-state index is 12.7. The molecule has 4 rings (SSSR count). The Kier molecular flexibility index (Phi) is 6.35. The Hall–Kier alpha value is -4.92. The number of imidazole rings is 1. The number of carboxylic acids is 1. The molecule has 9 heteroatoms. The molecular weight excluding hydrogens is 436 g/mol. The summed E-state index contributed by atoms with van der Waals surface area (Å²) in [5, 5.41) is 21.7. The first-order valence-electron chi connectivity index (χ1n) is 10.3. The Balaban J connectivity index is 1.55. The molecule has 0 saturated heterocycles. The van der Waals surface area contributed by atoms with Crippen LogP contribution >= 0.6 is 0 Å². The fraction of sp³-hybridized carbons (Fsp3) is 0.0400. The normalized spacial score (nSPS) is 10.9. The van der Waals surface area contributed by atoms with Gasteiger partial charge in [-0.15, -0.1) is 0 Å². The standard InChI is InChI=1S/C25H20N4O5/c30-21-8-4-1-5-17(21)15-29(22(31)13-14-23(32)33)18-11-9-16(10-12-18)24(34)28-25-26-19-6-2-3-7-20(19)27-25/h1-14,30H,15H2,(H,32,33)(H2,26,27,28,34)/b14-13+. The molecule has 0 radical (unpaired) electrons. The number of amides is 2. The van der Waals surface area contributed by atoms with E-state index in [0.29, 0.717) is 22.8 Å². The second kappa shape index (κ2) is 9.70. The third-order valence-electron chi connectivity index (χ3n) is 5.02. The number of hydrogen-bond acceptors (Lipinski definition) is 5. The number of aromatic hydroxyl groups is 1. The van der Waals surface area contributed by atoms with E-state index in [-0.39, 0.29) is 12.3 Å². The average Bonchev–Trinajstić information content (AvgIpc) is 3.24. The molecule has 1 heterocycles. The van der Waals surface area contributed by atoms with Gasteiger partial charge in [0.05, 0.1) is 17.6 Å². The highest BCUT2D eigenvalue weighted by molar-refractivity contribution is 6.06. The van der Waals surface area contributed by atoms with E-state index in [9.17, 15) is 19.5 Å². The number of carbonyl (C=O) groups excluding carboxylic acids is 2. The van der Waals surface area contributed by atoms with Gasteiger partial charge in [0.15, 0.2) is 0 Å². The van der Waals surface area contributed by atoms with Crippen LogP contribution in [-0.2, 0) is 16.1 Å². The summed E-state index contributed by atoms with van der Waals surface area (Å²) < 4.78 is 0. The molecule has 0 fully saturated rings. The topological polar surface area (TPSA) is 136 Å².